The Bertz CT molecular complexity index is 564. The van der Waals surface area contributed by atoms with Crippen LogP contribution in [-0.4, -0.2) is 9.78 Å². The van der Waals surface area contributed by atoms with Crippen molar-refractivity contribution in [1.82, 2.24) is 9.78 Å². The van der Waals surface area contributed by atoms with Crippen LogP contribution >= 0.6 is 27.7 Å². The zero-order chi connectivity index (χ0) is 14.5. The lowest BCUT2D eigenvalue weighted by molar-refractivity contribution is 0.426. The third kappa shape index (κ3) is 3.79. The van der Waals surface area contributed by atoms with Crippen molar-refractivity contribution in [3.63, 3.8) is 0 Å². The van der Waals surface area contributed by atoms with Crippen LogP contribution in [0.3, 0.4) is 0 Å². The molecule has 0 spiro atoms. The number of thioether (sulfide) groups is 1. The summed E-state index contributed by atoms with van der Waals surface area (Å²) in [6, 6.07) is 8.54. The van der Waals surface area contributed by atoms with Gasteiger partial charge in [-0.25, -0.2) is 0 Å². The van der Waals surface area contributed by atoms with Gasteiger partial charge < -0.3 is 5.73 Å². The van der Waals surface area contributed by atoms with Crippen molar-refractivity contribution < 1.29 is 0 Å². The van der Waals surface area contributed by atoms with E-state index in [1.165, 1.54) is 0 Å². The molecule has 0 aliphatic carbocycles. The van der Waals surface area contributed by atoms with E-state index in [0.717, 1.165) is 39.3 Å². The van der Waals surface area contributed by atoms with E-state index in [4.69, 9.17) is 5.73 Å². The number of hydrogen-bond donors (Lipinski definition) is 1. The van der Waals surface area contributed by atoms with Gasteiger partial charge in [0.05, 0.1) is 11.7 Å². The molecule has 0 aliphatic rings. The third-order valence-electron chi connectivity index (χ3n) is 3.33. The molecule has 0 aliphatic heterocycles. The summed E-state index contributed by atoms with van der Waals surface area (Å²) in [5.74, 6) is 0.841. The first-order valence-corrected chi connectivity index (χ1v) is 8.63. The van der Waals surface area contributed by atoms with Gasteiger partial charge in [0.25, 0.3) is 0 Å². The lowest BCUT2D eigenvalue weighted by Crippen LogP contribution is -2.07. The van der Waals surface area contributed by atoms with Crippen LogP contribution in [0.15, 0.2) is 39.8 Å². The molecule has 2 aromatic rings. The molecule has 1 aromatic carbocycles. The number of halogens is 1. The van der Waals surface area contributed by atoms with Gasteiger partial charge in [-0.05, 0) is 37.1 Å². The van der Waals surface area contributed by atoms with Gasteiger partial charge in [-0.2, -0.15) is 5.10 Å². The van der Waals surface area contributed by atoms with Gasteiger partial charge in [0.1, 0.15) is 0 Å². The van der Waals surface area contributed by atoms with E-state index in [9.17, 15) is 0 Å². The quantitative estimate of drug-likeness (QED) is 0.594. The van der Waals surface area contributed by atoms with Gasteiger partial charge in [-0.3, -0.25) is 4.68 Å². The highest BCUT2D eigenvalue weighted by Crippen LogP contribution is 2.30. The Kier molecular flexibility index (Phi) is 5.54. The summed E-state index contributed by atoms with van der Waals surface area (Å²) in [4.78, 5) is 1.09. The largest absolute Gasteiger partial charge is 0.398 e. The first kappa shape index (κ1) is 15.4. The van der Waals surface area contributed by atoms with Crippen molar-refractivity contribution in [1.29, 1.82) is 0 Å². The molecule has 2 N–H and O–H groups in total. The van der Waals surface area contributed by atoms with E-state index < -0.39 is 0 Å². The van der Waals surface area contributed by atoms with Crippen LogP contribution in [0.5, 0.6) is 0 Å². The second-order valence-electron chi connectivity index (χ2n) is 4.73. The second kappa shape index (κ2) is 7.18. The monoisotopic (exact) mass is 353 g/mol. The van der Waals surface area contributed by atoms with E-state index in [-0.39, 0.29) is 0 Å². The smallest absolute Gasteiger partial charge is 0.0727 e. The van der Waals surface area contributed by atoms with Crippen molar-refractivity contribution in [3.05, 3.63) is 40.6 Å². The maximum absolute atomic E-state index is 5.98. The molecule has 0 unspecified atom stereocenters. The predicted octanol–water partition coefficient (Wildman–Crippen LogP) is 4.88. The van der Waals surface area contributed by atoms with Gasteiger partial charge in [-0.15, -0.1) is 11.8 Å². The number of hydrogen-bond acceptors (Lipinski definition) is 3. The Morgan fingerprint density at radius 1 is 1.30 bits per heavy atom. The zero-order valence-corrected chi connectivity index (χ0v) is 14.2. The molecule has 5 heteroatoms. The topological polar surface area (TPSA) is 43.8 Å². The lowest BCUT2D eigenvalue weighted by atomic mass is 10.2. The highest BCUT2D eigenvalue weighted by molar-refractivity contribution is 9.10. The summed E-state index contributed by atoms with van der Waals surface area (Å²) in [7, 11) is 0. The van der Waals surface area contributed by atoms with Gasteiger partial charge >= 0.3 is 0 Å². The number of nitrogens with zero attached hydrogens (tertiary/aromatic N) is 2. The highest BCUT2D eigenvalue weighted by atomic mass is 79.9. The van der Waals surface area contributed by atoms with Gasteiger partial charge in [0.15, 0.2) is 0 Å². The molecule has 0 amide bonds. The Balaban J connectivity index is 2.02. The summed E-state index contributed by atoms with van der Waals surface area (Å²) in [6.45, 7) is 4.40. The molecule has 0 radical (unpaired) electrons. The van der Waals surface area contributed by atoms with Crippen molar-refractivity contribution in [2.24, 2.45) is 0 Å². The molecule has 0 atom stereocenters. The van der Waals surface area contributed by atoms with Crippen molar-refractivity contribution in [2.45, 2.75) is 43.4 Å². The average Bonchev–Trinajstić information content (AvgIpc) is 2.90. The predicted molar refractivity (Wildman–Crippen MR) is 90.0 cm³/mol. The fraction of sp³-hybridized carbons (Fsp3) is 0.400. The molecule has 2 rings (SSSR count). The van der Waals surface area contributed by atoms with Crippen LogP contribution in [0.2, 0.25) is 0 Å². The van der Waals surface area contributed by atoms with E-state index in [2.05, 4.69) is 57.9 Å². The minimum absolute atomic E-state index is 0.504. The standard InChI is InChI=1S/C15H20BrN3S/c1-3-13(4-2)19-8-7-12(18-19)10-20-15-9-11(16)5-6-14(15)17/h5-9,13H,3-4,10,17H2,1-2H3. The van der Waals surface area contributed by atoms with E-state index >= 15 is 0 Å². The fourth-order valence-electron chi connectivity index (χ4n) is 2.11. The molecule has 20 heavy (non-hydrogen) atoms. The number of rotatable bonds is 6. The number of benzene rings is 1. The van der Waals surface area contributed by atoms with Crippen LogP contribution in [0, 0.1) is 0 Å². The average molecular weight is 354 g/mol. The highest BCUT2D eigenvalue weighted by Gasteiger charge is 2.09. The summed E-state index contributed by atoms with van der Waals surface area (Å²) in [5, 5.41) is 4.66. The molecule has 3 nitrogen and oxygen atoms in total. The van der Waals surface area contributed by atoms with Crippen LogP contribution in [-0.2, 0) is 5.75 Å². The molecule has 1 heterocycles. The maximum atomic E-state index is 5.98. The molecular formula is C15H20BrN3S. The molecule has 0 saturated heterocycles. The van der Waals surface area contributed by atoms with Crippen LogP contribution < -0.4 is 5.73 Å². The molecule has 0 fully saturated rings. The molecule has 1 aromatic heterocycles. The number of nitrogens with two attached hydrogens (primary N) is 1. The summed E-state index contributed by atoms with van der Waals surface area (Å²) in [6.07, 6.45) is 4.31. The van der Waals surface area contributed by atoms with Crippen molar-refractivity contribution in [2.75, 3.05) is 5.73 Å². The lowest BCUT2D eigenvalue weighted by Gasteiger charge is -2.12. The van der Waals surface area contributed by atoms with Crippen LogP contribution in [0.4, 0.5) is 5.69 Å². The molecule has 108 valence electrons. The Labute approximate surface area is 133 Å². The SMILES string of the molecule is CCC(CC)n1ccc(CSc2cc(Br)ccc2N)n1. The number of aromatic nitrogens is 2. The third-order valence-corrected chi connectivity index (χ3v) is 4.93. The minimum atomic E-state index is 0.504. The zero-order valence-electron chi connectivity index (χ0n) is 11.8. The maximum Gasteiger partial charge on any atom is 0.0727 e. The molecule has 0 saturated carbocycles. The van der Waals surface area contributed by atoms with Crippen molar-refractivity contribution >= 4 is 33.4 Å². The normalized spacial score (nSPS) is 11.2. The van der Waals surface area contributed by atoms with Gasteiger partial charge in [0, 0.05) is 27.0 Å². The number of nitrogen functional groups attached to an aromatic ring is 1. The molecule has 0 bridgehead atoms. The minimum Gasteiger partial charge on any atom is -0.398 e. The molecular weight excluding hydrogens is 334 g/mol. The van der Waals surface area contributed by atoms with Gasteiger partial charge in [0.2, 0.25) is 0 Å². The number of anilines is 1. The van der Waals surface area contributed by atoms with E-state index in [1.807, 2.05) is 12.1 Å². The van der Waals surface area contributed by atoms with E-state index in [1.54, 1.807) is 11.8 Å². The Morgan fingerprint density at radius 2 is 2.05 bits per heavy atom. The Morgan fingerprint density at radius 3 is 2.75 bits per heavy atom. The first-order valence-electron chi connectivity index (χ1n) is 6.85. The first-order chi connectivity index (χ1) is 9.63. The van der Waals surface area contributed by atoms with Gasteiger partial charge in [-0.1, -0.05) is 29.8 Å². The van der Waals surface area contributed by atoms with E-state index in [0.29, 0.717) is 6.04 Å². The second-order valence-corrected chi connectivity index (χ2v) is 6.66. The van der Waals surface area contributed by atoms with Crippen molar-refractivity contribution in [3.8, 4) is 0 Å². The summed E-state index contributed by atoms with van der Waals surface area (Å²) in [5.41, 5.74) is 7.90. The fourth-order valence-corrected chi connectivity index (χ4v) is 3.52. The Hall–Kier alpha value is -0.940. The summed E-state index contributed by atoms with van der Waals surface area (Å²) >= 11 is 5.20. The van der Waals surface area contributed by atoms with Crippen LogP contribution in [0.1, 0.15) is 38.4 Å². The van der Waals surface area contributed by atoms with Crippen LogP contribution in [0.25, 0.3) is 0 Å². The summed E-state index contributed by atoms with van der Waals surface area (Å²) < 4.78 is 3.14.